The maximum absolute atomic E-state index is 14.0. The molecule has 1 saturated heterocycles. The summed E-state index contributed by atoms with van der Waals surface area (Å²) in [6.45, 7) is 8.14. The van der Waals surface area contributed by atoms with Gasteiger partial charge in [-0.2, -0.15) is 4.31 Å². The van der Waals surface area contributed by atoms with Crippen LogP contribution < -0.4 is 4.90 Å². The first kappa shape index (κ1) is 27.4. The quantitative estimate of drug-likeness (QED) is 0.337. The summed E-state index contributed by atoms with van der Waals surface area (Å²) in [7, 11) is -3.73. The van der Waals surface area contributed by atoms with E-state index in [0.717, 1.165) is 63.9 Å². The number of fused-ring (bicyclic) bond motifs is 4. The van der Waals surface area contributed by atoms with Gasteiger partial charge in [-0.1, -0.05) is 41.6 Å². The lowest BCUT2D eigenvalue weighted by atomic mass is 9.84. The molecule has 0 radical (unpaired) electrons. The maximum atomic E-state index is 14.0. The molecule has 41 heavy (non-hydrogen) atoms. The number of aliphatic carboxylic acids is 1. The number of rotatable bonds is 7. The van der Waals surface area contributed by atoms with E-state index in [0.29, 0.717) is 18.0 Å². The summed E-state index contributed by atoms with van der Waals surface area (Å²) in [4.78, 5) is 14.7. The van der Waals surface area contributed by atoms with Gasteiger partial charge in [0.2, 0.25) is 10.0 Å². The van der Waals surface area contributed by atoms with E-state index in [-0.39, 0.29) is 19.0 Å². The highest BCUT2D eigenvalue weighted by Gasteiger charge is 2.39. The summed E-state index contributed by atoms with van der Waals surface area (Å²) in [5, 5.41) is 18.5. The van der Waals surface area contributed by atoms with Crippen LogP contribution in [0.2, 0.25) is 0 Å². The van der Waals surface area contributed by atoms with Crippen LogP contribution in [0.25, 0.3) is 11.0 Å². The van der Waals surface area contributed by atoms with Gasteiger partial charge in [-0.25, -0.2) is 13.1 Å². The fourth-order valence-corrected chi connectivity index (χ4v) is 8.18. The summed E-state index contributed by atoms with van der Waals surface area (Å²) in [5.41, 5.74) is 6.95. The van der Waals surface area contributed by atoms with E-state index in [9.17, 15) is 18.3 Å². The molecule has 0 amide bonds. The van der Waals surface area contributed by atoms with E-state index < -0.39 is 21.9 Å². The first-order valence-electron chi connectivity index (χ1n) is 14.2. The molecular formula is C31H35N5O4S. The Labute approximate surface area is 240 Å². The van der Waals surface area contributed by atoms with E-state index >= 15 is 0 Å². The van der Waals surface area contributed by atoms with Crippen LogP contribution in [-0.2, 0) is 27.9 Å². The smallest absolute Gasteiger partial charge is 0.304 e. The second-order valence-corrected chi connectivity index (χ2v) is 13.1. The molecule has 10 heteroatoms. The van der Waals surface area contributed by atoms with Crippen LogP contribution in [-0.4, -0.2) is 57.9 Å². The van der Waals surface area contributed by atoms with Crippen molar-refractivity contribution in [2.24, 2.45) is 0 Å². The molecule has 1 fully saturated rings. The molecule has 214 valence electrons. The van der Waals surface area contributed by atoms with E-state index in [1.54, 1.807) is 16.4 Å². The molecule has 2 aliphatic rings. The number of aryl methyl sites for hydroxylation is 3. The number of hydrogen-bond donors (Lipinski definition) is 1. The lowest BCUT2D eigenvalue weighted by Crippen LogP contribution is -2.39. The molecule has 2 atom stereocenters. The van der Waals surface area contributed by atoms with Crippen LogP contribution in [0, 0.1) is 13.8 Å². The Bertz CT molecular complexity index is 1750. The van der Waals surface area contributed by atoms with Crippen LogP contribution in [0.1, 0.15) is 59.9 Å². The molecule has 6 rings (SSSR count). The topological polar surface area (TPSA) is 109 Å². The summed E-state index contributed by atoms with van der Waals surface area (Å²) in [6, 6.07) is 17.3. The highest BCUT2D eigenvalue weighted by atomic mass is 32.2. The Morgan fingerprint density at radius 2 is 1.93 bits per heavy atom. The summed E-state index contributed by atoms with van der Waals surface area (Å²) >= 11 is 0. The van der Waals surface area contributed by atoms with Crippen LogP contribution in [0.15, 0.2) is 59.5 Å². The number of anilines is 1. The molecule has 0 spiro atoms. The fourth-order valence-electron chi connectivity index (χ4n) is 6.52. The van der Waals surface area contributed by atoms with Crippen molar-refractivity contribution in [3.63, 3.8) is 0 Å². The van der Waals surface area contributed by atoms with Gasteiger partial charge < -0.3 is 10.0 Å². The van der Waals surface area contributed by atoms with Gasteiger partial charge in [0.25, 0.3) is 0 Å². The van der Waals surface area contributed by atoms with E-state index in [4.69, 9.17) is 0 Å². The average molecular weight is 574 g/mol. The van der Waals surface area contributed by atoms with E-state index in [1.807, 2.05) is 67.9 Å². The highest BCUT2D eigenvalue weighted by molar-refractivity contribution is 7.89. The highest BCUT2D eigenvalue weighted by Crippen LogP contribution is 2.39. The van der Waals surface area contributed by atoms with Crippen LogP contribution >= 0.6 is 0 Å². The van der Waals surface area contributed by atoms with Gasteiger partial charge in [-0.15, -0.1) is 5.10 Å². The predicted molar refractivity (Wildman–Crippen MR) is 158 cm³/mol. The molecule has 0 aliphatic carbocycles. The summed E-state index contributed by atoms with van der Waals surface area (Å²) in [6.07, 6.45) is 1.89. The molecule has 0 unspecified atom stereocenters. The molecule has 0 bridgehead atoms. The van der Waals surface area contributed by atoms with Crippen molar-refractivity contribution >= 4 is 32.7 Å². The van der Waals surface area contributed by atoms with Gasteiger partial charge in [-0.05, 0) is 79.6 Å². The van der Waals surface area contributed by atoms with Gasteiger partial charge >= 0.3 is 5.97 Å². The Morgan fingerprint density at radius 3 is 2.71 bits per heavy atom. The first-order valence-corrected chi connectivity index (χ1v) is 15.6. The van der Waals surface area contributed by atoms with Crippen molar-refractivity contribution in [2.45, 2.75) is 70.0 Å². The Hall–Kier alpha value is -3.76. The zero-order chi connectivity index (χ0) is 28.9. The molecule has 1 aromatic heterocycles. The first-order chi connectivity index (χ1) is 19.7. The number of carbonyl (C=O) groups is 1. The van der Waals surface area contributed by atoms with Crippen molar-refractivity contribution in [1.82, 2.24) is 19.3 Å². The van der Waals surface area contributed by atoms with E-state index in [1.165, 1.54) is 0 Å². The van der Waals surface area contributed by atoms with Crippen LogP contribution in [0.5, 0.6) is 0 Å². The minimum absolute atomic E-state index is 0.0941. The second-order valence-electron chi connectivity index (χ2n) is 11.1. The van der Waals surface area contributed by atoms with Gasteiger partial charge in [0, 0.05) is 38.1 Å². The lowest BCUT2D eigenvalue weighted by Gasteiger charge is -2.27. The number of benzene rings is 3. The normalized spacial score (nSPS) is 19.1. The minimum Gasteiger partial charge on any atom is -0.481 e. The Morgan fingerprint density at radius 1 is 1.12 bits per heavy atom. The average Bonchev–Trinajstić information content (AvgIpc) is 3.58. The lowest BCUT2D eigenvalue weighted by molar-refractivity contribution is -0.137. The molecule has 4 aromatic rings. The second kappa shape index (κ2) is 10.6. The molecule has 0 saturated carbocycles. The number of hydrogen-bond acceptors (Lipinski definition) is 6. The van der Waals surface area contributed by atoms with Crippen molar-refractivity contribution in [1.29, 1.82) is 0 Å². The molecule has 3 aromatic carbocycles. The number of sulfonamides is 1. The molecule has 9 nitrogen and oxygen atoms in total. The van der Waals surface area contributed by atoms with Gasteiger partial charge in [0.1, 0.15) is 10.4 Å². The maximum Gasteiger partial charge on any atom is 0.304 e. The predicted octanol–water partition coefficient (Wildman–Crippen LogP) is 4.85. The van der Waals surface area contributed by atoms with Crippen LogP contribution in [0.3, 0.4) is 0 Å². The van der Waals surface area contributed by atoms with E-state index in [2.05, 4.69) is 15.2 Å². The molecule has 3 heterocycles. The van der Waals surface area contributed by atoms with Gasteiger partial charge in [0.05, 0.1) is 17.6 Å². The van der Waals surface area contributed by atoms with Crippen molar-refractivity contribution < 1.29 is 18.3 Å². The minimum atomic E-state index is -3.73. The molecule has 2 aliphatic heterocycles. The van der Waals surface area contributed by atoms with Crippen molar-refractivity contribution in [3.8, 4) is 0 Å². The number of nitrogens with zero attached hydrogens (tertiary/aromatic N) is 5. The Kier molecular flexibility index (Phi) is 7.07. The fraction of sp³-hybridized carbons (Fsp3) is 0.387. The standard InChI is InChI=1S/C31H35N5O4S/c1-4-36-28-14-13-25(21(3)31(28)32-33-36)26(17-30(37)38)22-12-11-20(2)23(16-22)18-34-19-24-8-7-15-35(24)27-9-5-6-10-29(27)41(34,39)40/h5-6,9-14,16,24,26H,4,7-8,15,17-19H2,1-3H3,(H,37,38)/t24-,26+/m0/s1. The zero-order valence-electron chi connectivity index (χ0n) is 23.6. The van der Waals surface area contributed by atoms with Crippen molar-refractivity contribution in [2.75, 3.05) is 18.0 Å². The third kappa shape index (κ3) is 4.78. The van der Waals surface area contributed by atoms with Gasteiger partial charge in [-0.3, -0.25) is 4.79 Å². The Balaban J connectivity index is 1.40. The molecule has 1 N–H and O–H groups in total. The molecular weight excluding hydrogens is 538 g/mol. The number of aromatic nitrogens is 3. The van der Waals surface area contributed by atoms with Crippen LogP contribution in [0.4, 0.5) is 5.69 Å². The third-order valence-electron chi connectivity index (χ3n) is 8.74. The van der Waals surface area contributed by atoms with Crippen molar-refractivity contribution in [3.05, 3.63) is 82.4 Å². The SMILES string of the molecule is CCn1nnc2c(C)c([C@H](CC(=O)O)c3ccc(C)c(CN4C[C@@H]5CCCN5c5ccccc5S4(=O)=O)c3)ccc21. The number of para-hydroxylation sites is 1. The summed E-state index contributed by atoms with van der Waals surface area (Å²) < 4.78 is 31.4. The number of carboxylic acid groups (broad SMARTS) is 1. The zero-order valence-corrected chi connectivity index (χ0v) is 24.4. The number of carboxylic acids is 1. The largest absolute Gasteiger partial charge is 0.481 e. The third-order valence-corrected chi connectivity index (χ3v) is 10.6. The van der Waals surface area contributed by atoms with Gasteiger partial charge in [0.15, 0.2) is 0 Å². The monoisotopic (exact) mass is 573 g/mol. The summed E-state index contributed by atoms with van der Waals surface area (Å²) in [5.74, 6) is -1.32.